The average molecular weight is 295 g/mol. The van der Waals surface area contributed by atoms with Crippen LogP contribution in [0, 0.1) is 6.07 Å². The van der Waals surface area contributed by atoms with Crippen molar-refractivity contribution in [2.24, 2.45) is 0 Å². The van der Waals surface area contributed by atoms with Crippen LogP contribution in [0.5, 0.6) is 5.75 Å². The lowest BCUT2D eigenvalue weighted by atomic mass is 9.90. The first-order valence-corrected chi connectivity index (χ1v) is 8.21. The molecule has 117 valence electrons. The zero-order chi connectivity index (χ0) is 16.3. The van der Waals surface area contributed by atoms with Gasteiger partial charge in [-0.25, -0.2) is 0 Å². The van der Waals surface area contributed by atoms with Gasteiger partial charge in [0.2, 0.25) is 0 Å². The monoisotopic (exact) mass is 295 g/mol. The van der Waals surface area contributed by atoms with Crippen molar-refractivity contribution in [3.05, 3.63) is 53.6 Å². The largest absolute Gasteiger partial charge is 0.490 e. The highest BCUT2D eigenvalue weighted by molar-refractivity contribution is 5.71. The first kappa shape index (κ1) is 16.6. The van der Waals surface area contributed by atoms with E-state index >= 15 is 0 Å². The van der Waals surface area contributed by atoms with Crippen LogP contribution in [0.1, 0.15) is 64.5 Å². The second-order valence-electron chi connectivity index (χ2n) is 6.75. The van der Waals surface area contributed by atoms with E-state index in [2.05, 4.69) is 77.9 Å². The molecule has 1 nitrogen and oxygen atoms in total. The summed E-state index contributed by atoms with van der Waals surface area (Å²) in [5, 5.41) is 0. The smallest absolute Gasteiger partial charge is 0.127 e. The molecule has 2 aromatic rings. The minimum Gasteiger partial charge on any atom is -0.490 e. The van der Waals surface area contributed by atoms with Crippen molar-refractivity contribution in [3.63, 3.8) is 0 Å². The highest BCUT2D eigenvalue weighted by Crippen LogP contribution is 2.34. The van der Waals surface area contributed by atoms with E-state index in [0.717, 1.165) is 11.3 Å². The van der Waals surface area contributed by atoms with E-state index in [1.807, 2.05) is 6.07 Å². The van der Waals surface area contributed by atoms with Gasteiger partial charge in [-0.05, 0) is 54.5 Å². The Bertz CT molecular complexity index is 597. The van der Waals surface area contributed by atoms with Gasteiger partial charge in [-0.1, -0.05) is 58.0 Å². The van der Waals surface area contributed by atoms with Crippen molar-refractivity contribution < 1.29 is 4.74 Å². The highest BCUT2D eigenvalue weighted by Gasteiger charge is 2.12. The van der Waals surface area contributed by atoms with Crippen LogP contribution in [-0.2, 0) is 0 Å². The summed E-state index contributed by atoms with van der Waals surface area (Å²) in [7, 11) is 0. The molecule has 0 aromatic heterocycles. The predicted molar refractivity (Wildman–Crippen MR) is 94.7 cm³/mol. The van der Waals surface area contributed by atoms with Gasteiger partial charge in [-0.15, -0.1) is 0 Å². The van der Waals surface area contributed by atoms with Gasteiger partial charge in [0.1, 0.15) is 5.75 Å². The van der Waals surface area contributed by atoms with Gasteiger partial charge in [0.25, 0.3) is 0 Å². The lowest BCUT2D eigenvalue weighted by Crippen LogP contribution is -2.06. The number of benzene rings is 2. The van der Waals surface area contributed by atoms with Crippen LogP contribution in [-0.4, -0.2) is 6.10 Å². The van der Waals surface area contributed by atoms with Gasteiger partial charge < -0.3 is 4.74 Å². The van der Waals surface area contributed by atoms with Crippen LogP contribution in [0.3, 0.4) is 0 Å². The Balaban J connectivity index is 2.56. The summed E-state index contributed by atoms with van der Waals surface area (Å²) in [6.07, 6.45) is 0.172. The summed E-state index contributed by atoms with van der Waals surface area (Å²) >= 11 is 0. The van der Waals surface area contributed by atoms with Gasteiger partial charge >= 0.3 is 0 Å². The molecule has 2 rings (SSSR count). The Kier molecular flexibility index (Phi) is 5.28. The fraction of sp³-hybridized carbons (Fsp3) is 0.429. The topological polar surface area (TPSA) is 9.23 Å². The van der Waals surface area contributed by atoms with E-state index in [1.54, 1.807) is 0 Å². The summed E-state index contributed by atoms with van der Waals surface area (Å²) in [4.78, 5) is 0. The molecule has 22 heavy (non-hydrogen) atoms. The molecule has 0 fully saturated rings. The SMILES string of the molecule is CC(C)Oc1ccccc1-c1cc(C(C)C)[c]c(C(C)C)c1. The van der Waals surface area contributed by atoms with Crippen LogP contribution in [0.4, 0.5) is 0 Å². The minimum absolute atomic E-state index is 0.172. The standard InChI is InChI=1S/C21H27O/c1-14(2)17-11-18(15(3)4)13-19(12-17)20-9-7-8-10-21(20)22-16(5)6/h7-10,12-16H,1-6H3. The normalized spacial score (nSPS) is 11.5. The van der Waals surface area contributed by atoms with Gasteiger partial charge in [0.15, 0.2) is 0 Å². The number of rotatable bonds is 5. The maximum atomic E-state index is 5.99. The fourth-order valence-corrected chi connectivity index (χ4v) is 2.45. The average Bonchev–Trinajstić information content (AvgIpc) is 2.46. The molecule has 0 aliphatic carbocycles. The molecule has 1 radical (unpaired) electrons. The van der Waals surface area contributed by atoms with E-state index in [9.17, 15) is 0 Å². The van der Waals surface area contributed by atoms with Crippen molar-refractivity contribution in [3.8, 4) is 16.9 Å². The van der Waals surface area contributed by atoms with Crippen LogP contribution < -0.4 is 4.74 Å². The lowest BCUT2D eigenvalue weighted by Gasteiger charge is -2.17. The van der Waals surface area contributed by atoms with E-state index in [1.165, 1.54) is 16.7 Å². The molecule has 0 saturated carbocycles. The van der Waals surface area contributed by atoms with Crippen LogP contribution >= 0.6 is 0 Å². The number of para-hydroxylation sites is 1. The summed E-state index contributed by atoms with van der Waals surface area (Å²) in [5.41, 5.74) is 4.91. The third-order valence-electron chi connectivity index (χ3n) is 3.72. The number of hydrogen-bond acceptors (Lipinski definition) is 1. The Hall–Kier alpha value is -1.76. The second-order valence-corrected chi connectivity index (χ2v) is 6.75. The molecular formula is C21H27O. The molecule has 0 saturated heterocycles. The van der Waals surface area contributed by atoms with Gasteiger partial charge in [-0.3, -0.25) is 0 Å². The molecular weight excluding hydrogens is 268 g/mol. The Morgan fingerprint density at radius 2 is 1.36 bits per heavy atom. The predicted octanol–water partition coefficient (Wildman–Crippen LogP) is 6.19. The van der Waals surface area contributed by atoms with Crippen molar-refractivity contribution >= 4 is 0 Å². The molecule has 0 amide bonds. The van der Waals surface area contributed by atoms with E-state index in [4.69, 9.17) is 4.74 Å². The van der Waals surface area contributed by atoms with E-state index in [0.29, 0.717) is 11.8 Å². The third-order valence-corrected chi connectivity index (χ3v) is 3.72. The van der Waals surface area contributed by atoms with Crippen molar-refractivity contribution in [1.82, 2.24) is 0 Å². The van der Waals surface area contributed by atoms with Crippen LogP contribution in [0.15, 0.2) is 36.4 Å². The third kappa shape index (κ3) is 3.91. The summed E-state index contributed by atoms with van der Waals surface area (Å²) in [6, 6.07) is 16.4. The van der Waals surface area contributed by atoms with E-state index in [-0.39, 0.29) is 6.10 Å². The zero-order valence-corrected chi connectivity index (χ0v) is 14.6. The van der Waals surface area contributed by atoms with Gasteiger partial charge in [0.05, 0.1) is 6.10 Å². The van der Waals surface area contributed by atoms with Crippen LogP contribution in [0.25, 0.3) is 11.1 Å². The molecule has 0 aliphatic rings. The number of ether oxygens (including phenoxy) is 1. The number of hydrogen-bond donors (Lipinski definition) is 0. The zero-order valence-electron chi connectivity index (χ0n) is 14.6. The molecule has 2 aromatic carbocycles. The van der Waals surface area contributed by atoms with E-state index < -0.39 is 0 Å². The van der Waals surface area contributed by atoms with Gasteiger partial charge in [0, 0.05) is 5.56 Å². The molecule has 0 heterocycles. The summed E-state index contributed by atoms with van der Waals surface area (Å²) in [5.74, 6) is 1.89. The molecule has 0 aliphatic heterocycles. The Labute approximate surface area is 135 Å². The van der Waals surface area contributed by atoms with Crippen LogP contribution in [0.2, 0.25) is 0 Å². The first-order chi connectivity index (χ1) is 10.4. The summed E-state index contributed by atoms with van der Waals surface area (Å²) < 4.78 is 5.99. The Morgan fingerprint density at radius 1 is 0.818 bits per heavy atom. The van der Waals surface area contributed by atoms with Crippen molar-refractivity contribution in [1.29, 1.82) is 0 Å². The first-order valence-electron chi connectivity index (χ1n) is 8.21. The van der Waals surface area contributed by atoms with Gasteiger partial charge in [-0.2, -0.15) is 0 Å². The maximum Gasteiger partial charge on any atom is 0.127 e. The molecule has 0 spiro atoms. The molecule has 0 atom stereocenters. The second kappa shape index (κ2) is 7.00. The van der Waals surface area contributed by atoms with Crippen molar-refractivity contribution in [2.45, 2.75) is 59.5 Å². The molecule has 1 heteroatoms. The molecule has 0 unspecified atom stereocenters. The van der Waals surface area contributed by atoms with Crippen molar-refractivity contribution in [2.75, 3.05) is 0 Å². The fourth-order valence-electron chi connectivity index (χ4n) is 2.45. The highest BCUT2D eigenvalue weighted by atomic mass is 16.5. The maximum absolute atomic E-state index is 5.99. The minimum atomic E-state index is 0.172. The Morgan fingerprint density at radius 3 is 1.86 bits per heavy atom. The molecule has 0 N–H and O–H groups in total. The molecule has 0 bridgehead atoms. The quantitative estimate of drug-likeness (QED) is 0.639. The summed E-state index contributed by atoms with van der Waals surface area (Å²) in [6.45, 7) is 13.0. The lowest BCUT2D eigenvalue weighted by molar-refractivity contribution is 0.243.